The SMILES string of the molecule is CNC(C)CC1CCCN(Cc2cccc(C)c2)C1. The molecular weight excluding hydrogens is 232 g/mol. The van der Waals surface area contributed by atoms with Crippen molar-refractivity contribution >= 4 is 0 Å². The second-order valence-electron chi connectivity index (χ2n) is 6.16. The normalized spacial score (nSPS) is 22.4. The Balaban J connectivity index is 1.87. The van der Waals surface area contributed by atoms with Crippen molar-refractivity contribution in [3.8, 4) is 0 Å². The van der Waals surface area contributed by atoms with Crippen LogP contribution >= 0.6 is 0 Å². The van der Waals surface area contributed by atoms with E-state index >= 15 is 0 Å². The summed E-state index contributed by atoms with van der Waals surface area (Å²) in [6.45, 7) is 8.11. The fraction of sp³-hybridized carbons (Fsp3) is 0.647. The zero-order chi connectivity index (χ0) is 13.7. The van der Waals surface area contributed by atoms with Gasteiger partial charge in [0.05, 0.1) is 0 Å². The smallest absolute Gasteiger partial charge is 0.0233 e. The molecule has 1 saturated heterocycles. The second-order valence-corrected chi connectivity index (χ2v) is 6.16. The molecule has 2 atom stereocenters. The number of piperidine rings is 1. The van der Waals surface area contributed by atoms with Gasteiger partial charge in [-0.05, 0) is 58.2 Å². The molecule has 1 aromatic carbocycles. The predicted molar refractivity (Wildman–Crippen MR) is 82.3 cm³/mol. The van der Waals surface area contributed by atoms with Gasteiger partial charge in [-0.1, -0.05) is 29.8 Å². The van der Waals surface area contributed by atoms with Gasteiger partial charge in [0.15, 0.2) is 0 Å². The maximum Gasteiger partial charge on any atom is 0.0233 e. The van der Waals surface area contributed by atoms with E-state index in [-0.39, 0.29) is 0 Å². The Labute approximate surface area is 118 Å². The van der Waals surface area contributed by atoms with Crippen molar-refractivity contribution in [2.45, 2.75) is 45.7 Å². The van der Waals surface area contributed by atoms with Crippen LogP contribution in [-0.4, -0.2) is 31.1 Å². The highest BCUT2D eigenvalue weighted by atomic mass is 15.1. The first-order chi connectivity index (χ1) is 9.17. The van der Waals surface area contributed by atoms with Crippen LogP contribution in [-0.2, 0) is 6.54 Å². The van der Waals surface area contributed by atoms with E-state index in [0.717, 1.165) is 12.5 Å². The van der Waals surface area contributed by atoms with Crippen molar-refractivity contribution in [1.29, 1.82) is 0 Å². The summed E-state index contributed by atoms with van der Waals surface area (Å²) in [5.74, 6) is 0.862. The van der Waals surface area contributed by atoms with Crippen LogP contribution in [0.4, 0.5) is 0 Å². The molecule has 2 nitrogen and oxygen atoms in total. The van der Waals surface area contributed by atoms with Crippen molar-refractivity contribution < 1.29 is 0 Å². The van der Waals surface area contributed by atoms with Crippen LogP contribution < -0.4 is 5.32 Å². The average Bonchev–Trinajstić information content (AvgIpc) is 2.39. The highest BCUT2D eigenvalue weighted by Crippen LogP contribution is 2.22. The molecule has 2 rings (SSSR count). The summed E-state index contributed by atoms with van der Waals surface area (Å²) < 4.78 is 0. The number of nitrogens with one attached hydrogen (secondary N) is 1. The fourth-order valence-electron chi connectivity index (χ4n) is 3.17. The first-order valence-electron chi connectivity index (χ1n) is 7.62. The Morgan fingerprint density at radius 3 is 3.00 bits per heavy atom. The van der Waals surface area contributed by atoms with Crippen LogP contribution in [0.2, 0.25) is 0 Å². The fourth-order valence-corrected chi connectivity index (χ4v) is 3.17. The maximum atomic E-state index is 3.37. The van der Waals surface area contributed by atoms with Gasteiger partial charge in [-0.3, -0.25) is 4.90 Å². The molecule has 1 N–H and O–H groups in total. The van der Waals surface area contributed by atoms with Crippen LogP contribution in [0.25, 0.3) is 0 Å². The zero-order valence-electron chi connectivity index (χ0n) is 12.7. The lowest BCUT2D eigenvalue weighted by Crippen LogP contribution is -2.37. The molecule has 1 fully saturated rings. The third kappa shape index (κ3) is 4.63. The van der Waals surface area contributed by atoms with Gasteiger partial charge in [0, 0.05) is 19.1 Å². The summed E-state index contributed by atoms with van der Waals surface area (Å²) in [5.41, 5.74) is 2.83. The van der Waals surface area contributed by atoms with Crippen molar-refractivity contribution in [3.05, 3.63) is 35.4 Å². The van der Waals surface area contributed by atoms with E-state index in [1.807, 2.05) is 0 Å². The monoisotopic (exact) mass is 260 g/mol. The minimum Gasteiger partial charge on any atom is -0.317 e. The molecule has 0 spiro atoms. The summed E-state index contributed by atoms with van der Waals surface area (Å²) in [5, 5.41) is 3.37. The zero-order valence-corrected chi connectivity index (χ0v) is 12.7. The molecule has 19 heavy (non-hydrogen) atoms. The molecule has 0 radical (unpaired) electrons. The summed E-state index contributed by atoms with van der Waals surface area (Å²) >= 11 is 0. The number of rotatable bonds is 5. The van der Waals surface area contributed by atoms with Crippen molar-refractivity contribution in [2.24, 2.45) is 5.92 Å². The van der Waals surface area contributed by atoms with Gasteiger partial charge in [0.25, 0.3) is 0 Å². The Bertz CT molecular complexity index is 389. The molecule has 0 aromatic heterocycles. The number of likely N-dealkylation sites (tertiary alicyclic amines) is 1. The van der Waals surface area contributed by atoms with E-state index in [1.54, 1.807) is 0 Å². The number of nitrogens with zero attached hydrogens (tertiary/aromatic N) is 1. The van der Waals surface area contributed by atoms with E-state index in [0.29, 0.717) is 6.04 Å². The molecule has 0 amide bonds. The largest absolute Gasteiger partial charge is 0.317 e. The number of aryl methyl sites for hydroxylation is 1. The Morgan fingerprint density at radius 2 is 2.26 bits per heavy atom. The van der Waals surface area contributed by atoms with Gasteiger partial charge in [-0.2, -0.15) is 0 Å². The molecule has 0 bridgehead atoms. The van der Waals surface area contributed by atoms with Crippen LogP contribution in [0.5, 0.6) is 0 Å². The maximum absolute atomic E-state index is 3.37. The van der Waals surface area contributed by atoms with Crippen molar-refractivity contribution in [1.82, 2.24) is 10.2 Å². The van der Waals surface area contributed by atoms with Gasteiger partial charge in [0.2, 0.25) is 0 Å². The van der Waals surface area contributed by atoms with Crippen molar-refractivity contribution in [2.75, 3.05) is 20.1 Å². The minimum atomic E-state index is 0.643. The van der Waals surface area contributed by atoms with E-state index in [4.69, 9.17) is 0 Å². The van der Waals surface area contributed by atoms with E-state index in [9.17, 15) is 0 Å². The third-order valence-corrected chi connectivity index (χ3v) is 4.27. The lowest BCUT2D eigenvalue weighted by molar-refractivity contribution is 0.155. The third-order valence-electron chi connectivity index (χ3n) is 4.27. The molecule has 106 valence electrons. The highest BCUT2D eigenvalue weighted by molar-refractivity contribution is 5.22. The van der Waals surface area contributed by atoms with Gasteiger partial charge in [-0.25, -0.2) is 0 Å². The number of hydrogen-bond donors (Lipinski definition) is 1. The topological polar surface area (TPSA) is 15.3 Å². The van der Waals surface area contributed by atoms with Gasteiger partial charge < -0.3 is 5.32 Å². The lowest BCUT2D eigenvalue weighted by atomic mass is 9.91. The van der Waals surface area contributed by atoms with Crippen LogP contribution in [0.3, 0.4) is 0 Å². The van der Waals surface area contributed by atoms with E-state index in [1.165, 1.54) is 43.5 Å². The van der Waals surface area contributed by atoms with Gasteiger partial charge in [-0.15, -0.1) is 0 Å². The van der Waals surface area contributed by atoms with Crippen LogP contribution in [0.1, 0.15) is 37.3 Å². The quantitative estimate of drug-likeness (QED) is 0.874. The van der Waals surface area contributed by atoms with Crippen LogP contribution in [0.15, 0.2) is 24.3 Å². The number of hydrogen-bond acceptors (Lipinski definition) is 2. The predicted octanol–water partition coefficient (Wildman–Crippen LogP) is 3.21. The second kappa shape index (κ2) is 7.06. The van der Waals surface area contributed by atoms with Crippen molar-refractivity contribution in [3.63, 3.8) is 0 Å². The van der Waals surface area contributed by atoms with E-state index < -0.39 is 0 Å². The molecule has 1 aliphatic heterocycles. The summed E-state index contributed by atoms with van der Waals surface area (Å²) in [4.78, 5) is 2.63. The molecule has 1 aromatic rings. The number of benzene rings is 1. The molecule has 1 heterocycles. The molecule has 2 heteroatoms. The highest BCUT2D eigenvalue weighted by Gasteiger charge is 2.21. The van der Waals surface area contributed by atoms with Crippen LogP contribution in [0, 0.1) is 12.8 Å². The standard InChI is InChI=1S/C17H28N2/c1-14-6-4-7-16(10-14)12-19-9-5-8-17(13-19)11-15(2)18-3/h4,6-7,10,15,17-18H,5,8-9,11-13H2,1-3H3. The first kappa shape index (κ1) is 14.5. The lowest BCUT2D eigenvalue weighted by Gasteiger charge is -2.34. The van der Waals surface area contributed by atoms with Gasteiger partial charge in [0.1, 0.15) is 0 Å². The Hall–Kier alpha value is -0.860. The summed E-state index contributed by atoms with van der Waals surface area (Å²) in [6, 6.07) is 9.57. The molecule has 0 aliphatic carbocycles. The molecule has 0 saturated carbocycles. The Kier molecular flexibility index (Phi) is 5.41. The summed E-state index contributed by atoms with van der Waals surface area (Å²) in [7, 11) is 2.07. The Morgan fingerprint density at radius 1 is 1.42 bits per heavy atom. The first-order valence-corrected chi connectivity index (χ1v) is 7.62. The minimum absolute atomic E-state index is 0.643. The van der Waals surface area contributed by atoms with Gasteiger partial charge >= 0.3 is 0 Å². The average molecular weight is 260 g/mol. The van der Waals surface area contributed by atoms with E-state index in [2.05, 4.69) is 55.4 Å². The molecule has 2 unspecified atom stereocenters. The molecular formula is C17H28N2. The molecule has 1 aliphatic rings. The summed E-state index contributed by atoms with van der Waals surface area (Å²) in [6.07, 6.45) is 4.06.